The van der Waals surface area contributed by atoms with E-state index >= 15 is 0 Å². The first-order valence-electron chi connectivity index (χ1n) is 8.05. The van der Waals surface area contributed by atoms with E-state index in [2.05, 4.69) is 27.4 Å². The zero-order chi connectivity index (χ0) is 16.2. The molecule has 1 aromatic carbocycles. The van der Waals surface area contributed by atoms with Crippen LogP contribution in [0.4, 0.5) is 5.69 Å². The van der Waals surface area contributed by atoms with Crippen molar-refractivity contribution in [3.05, 3.63) is 48.9 Å². The van der Waals surface area contributed by atoms with Gasteiger partial charge in [-0.25, -0.2) is 0 Å². The van der Waals surface area contributed by atoms with Gasteiger partial charge in [-0.3, -0.25) is 9.78 Å². The Kier molecular flexibility index (Phi) is 4.42. The van der Waals surface area contributed by atoms with E-state index in [0.717, 1.165) is 40.6 Å². The molecule has 0 saturated heterocycles. The Morgan fingerprint density at radius 3 is 2.83 bits per heavy atom. The van der Waals surface area contributed by atoms with Crippen molar-refractivity contribution in [3.63, 3.8) is 0 Å². The molecule has 0 aliphatic carbocycles. The minimum Gasteiger partial charge on any atom is -0.361 e. The molecular weight excluding hydrogens is 286 g/mol. The second kappa shape index (κ2) is 6.65. The number of benzene rings is 1. The van der Waals surface area contributed by atoms with E-state index in [1.807, 2.05) is 44.4 Å². The second-order valence-corrected chi connectivity index (χ2v) is 5.71. The zero-order valence-corrected chi connectivity index (χ0v) is 13.5. The van der Waals surface area contributed by atoms with Gasteiger partial charge in [-0.2, -0.15) is 0 Å². The maximum Gasteiger partial charge on any atom is 0.227 e. The summed E-state index contributed by atoms with van der Waals surface area (Å²) >= 11 is 0. The highest BCUT2D eigenvalue weighted by molar-refractivity contribution is 5.96. The molecule has 2 N–H and O–H groups in total. The molecule has 0 fully saturated rings. The van der Waals surface area contributed by atoms with Crippen LogP contribution in [-0.4, -0.2) is 15.9 Å². The van der Waals surface area contributed by atoms with Crippen molar-refractivity contribution in [1.82, 2.24) is 9.97 Å². The number of carbonyl (C=O) groups is 1. The Balaban J connectivity index is 1.91. The Morgan fingerprint density at radius 2 is 2.04 bits per heavy atom. The summed E-state index contributed by atoms with van der Waals surface area (Å²) in [6.07, 6.45) is 7.13. The van der Waals surface area contributed by atoms with Gasteiger partial charge in [0.15, 0.2) is 0 Å². The van der Waals surface area contributed by atoms with Crippen molar-refractivity contribution in [3.8, 4) is 11.1 Å². The van der Waals surface area contributed by atoms with Crippen LogP contribution >= 0.6 is 0 Å². The number of para-hydroxylation sites is 1. The van der Waals surface area contributed by atoms with Crippen LogP contribution in [0.1, 0.15) is 26.7 Å². The minimum absolute atomic E-state index is 0.0468. The van der Waals surface area contributed by atoms with Crippen molar-refractivity contribution in [1.29, 1.82) is 0 Å². The van der Waals surface area contributed by atoms with Gasteiger partial charge in [-0.1, -0.05) is 32.0 Å². The number of rotatable bonds is 5. The van der Waals surface area contributed by atoms with E-state index < -0.39 is 0 Å². The van der Waals surface area contributed by atoms with Gasteiger partial charge in [0.2, 0.25) is 5.91 Å². The third kappa shape index (κ3) is 3.11. The summed E-state index contributed by atoms with van der Waals surface area (Å²) in [7, 11) is 0. The Bertz CT molecular complexity index is 818. The lowest BCUT2D eigenvalue weighted by Gasteiger charge is -2.13. The summed E-state index contributed by atoms with van der Waals surface area (Å²) in [5.74, 6) is 0.109. The number of nitrogens with zero attached hydrogens (tertiary/aromatic N) is 1. The van der Waals surface area contributed by atoms with E-state index in [9.17, 15) is 4.79 Å². The van der Waals surface area contributed by atoms with E-state index in [1.54, 1.807) is 6.20 Å². The van der Waals surface area contributed by atoms with Crippen LogP contribution < -0.4 is 5.32 Å². The number of amides is 1. The molecule has 2 heterocycles. The summed E-state index contributed by atoms with van der Waals surface area (Å²) in [6.45, 7) is 4.07. The van der Waals surface area contributed by atoms with Crippen LogP contribution in [0.25, 0.3) is 22.0 Å². The number of anilines is 1. The third-order valence-electron chi connectivity index (χ3n) is 4.26. The molecule has 0 unspecified atom stereocenters. The molecular formula is C19H21N3O. The van der Waals surface area contributed by atoms with Gasteiger partial charge in [0.05, 0.1) is 17.4 Å². The largest absolute Gasteiger partial charge is 0.361 e. The second-order valence-electron chi connectivity index (χ2n) is 5.71. The molecule has 118 valence electrons. The zero-order valence-electron chi connectivity index (χ0n) is 13.5. The lowest BCUT2D eigenvalue weighted by atomic mass is 10.0. The number of fused-ring (bicyclic) bond motifs is 1. The number of H-pyrrole nitrogens is 1. The first-order valence-corrected chi connectivity index (χ1v) is 8.05. The van der Waals surface area contributed by atoms with Crippen LogP contribution in [-0.2, 0) is 4.79 Å². The number of aromatic amines is 1. The van der Waals surface area contributed by atoms with Crippen LogP contribution in [0.2, 0.25) is 0 Å². The minimum atomic E-state index is 0.0468. The molecule has 3 rings (SSSR count). The summed E-state index contributed by atoms with van der Waals surface area (Å²) in [4.78, 5) is 19.8. The molecule has 2 aromatic heterocycles. The average Bonchev–Trinajstić information content (AvgIpc) is 3.04. The van der Waals surface area contributed by atoms with Crippen molar-refractivity contribution in [2.45, 2.75) is 26.7 Å². The molecule has 0 radical (unpaired) electrons. The Hall–Kier alpha value is -2.62. The molecule has 0 bridgehead atoms. The lowest BCUT2D eigenvalue weighted by Crippen LogP contribution is -2.21. The topological polar surface area (TPSA) is 57.8 Å². The molecule has 4 heteroatoms. The molecule has 0 saturated carbocycles. The van der Waals surface area contributed by atoms with E-state index in [4.69, 9.17) is 0 Å². The quantitative estimate of drug-likeness (QED) is 0.723. The number of aromatic nitrogens is 2. The Morgan fingerprint density at radius 1 is 1.22 bits per heavy atom. The van der Waals surface area contributed by atoms with Crippen molar-refractivity contribution in [2.75, 3.05) is 5.32 Å². The van der Waals surface area contributed by atoms with Crippen molar-refractivity contribution in [2.24, 2.45) is 5.92 Å². The van der Waals surface area contributed by atoms with Crippen LogP contribution in [0, 0.1) is 5.92 Å². The van der Waals surface area contributed by atoms with Gasteiger partial charge in [0.1, 0.15) is 0 Å². The summed E-state index contributed by atoms with van der Waals surface area (Å²) in [6, 6.07) is 10.2. The summed E-state index contributed by atoms with van der Waals surface area (Å²) in [5, 5.41) is 4.15. The fraction of sp³-hybridized carbons (Fsp3) is 0.263. The van der Waals surface area contributed by atoms with E-state index in [-0.39, 0.29) is 11.8 Å². The van der Waals surface area contributed by atoms with Crippen molar-refractivity contribution >= 4 is 22.5 Å². The highest BCUT2D eigenvalue weighted by Gasteiger charge is 2.14. The maximum atomic E-state index is 12.2. The SMILES string of the molecule is CCC(CC)C(=O)Nc1cncc(-c2cccc3cc[nH]c23)c1. The molecule has 3 aromatic rings. The molecule has 23 heavy (non-hydrogen) atoms. The van der Waals surface area contributed by atoms with Crippen LogP contribution in [0.5, 0.6) is 0 Å². The van der Waals surface area contributed by atoms with Gasteiger partial charge >= 0.3 is 0 Å². The predicted octanol–water partition coefficient (Wildman–Crippen LogP) is 4.60. The van der Waals surface area contributed by atoms with Gasteiger partial charge in [0, 0.05) is 29.4 Å². The number of hydrogen-bond donors (Lipinski definition) is 2. The number of nitrogens with one attached hydrogen (secondary N) is 2. The van der Waals surface area contributed by atoms with Crippen molar-refractivity contribution < 1.29 is 4.79 Å². The molecule has 0 spiro atoms. The first-order chi connectivity index (χ1) is 11.2. The predicted molar refractivity (Wildman–Crippen MR) is 94.2 cm³/mol. The average molecular weight is 307 g/mol. The third-order valence-corrected chi connectivity index (χ3v) is 4.26. The summed E-state index contributed by atoms with van der Waals surface area (Å²) < 4.78 is 0. The number of hydrogen-bond acceptors (Lipinski definition) is 2. The van der Waals surface area contributed by atoms with Gasteiger partial charge < -0.3 is 10.3 Å². The molecule has 0 atom stereocenters. The van der Waals surface area contributed by atoms with Gasteiger partial charge in [-0.05, 0) is 30.4 Å². The molecule has 0 aliphatic heterocycles. The maximum absolute atomic E-state index is 12.2. The Labute approximate surface area is 136 Å². The standard InChI is InChI=1S/C19H21N3O/c1-3-13(4-2)19(23)22-16-10-15(11-20-12-16)17-7-5-6-14-8-9-21-18(14)17/h5-13,21H,3-4H2,1-2H3,(H,22,23). The van der Waals surface area contributed by atoms with Gasteiger partial charge in [-0.15, -0.1) is 0 Å². The molecule has 1 amide bonds. The first kappa shape index (κ1) is 15.3. The van der Waals surface area contributed by atoms with Gasteiger partial charge in [0.25, 0.3) is 0 Å². The smallest absolute Gasteiger partial charge is 0.227 e. The molecule has 4 nitrogen and oxygen atoms in total. The monoisotopic (exact) mass is 307 g/mol. The van der Waals surface area contributed by atoms with Crippen LogP contribution in [0.15, 0.2) is 48.9 Å². The lowest BCUT2D eigenvalue weighted by molar-refractivity contribution is -0.120. The highest BCUT2D eigenvalue weighted by Crippen LogP contribution is 2.28. The highest BCUT2D eigenvalue weighted by atomic mass is 16.1. The normalized spacial score (nSPS) is 11.1. The molecule has 0 aliphatic rings. The van der Waals surface area contributed by atoms with E-state index in [1.165, 1.54) is 0 Å². The number of pyridine rings is 1. The number of carbonyl (C=O) groups excluding carboxylic acids is 1. The fourth-order valence-corrected chi connectivity index (χ4v) is 2.88. The fourth-order valence-electron chi connectivity index (χ4n) is 2.88. The summed E-state index contributed by atoms with van der Waals surface area (Å²) in [5.41, 5.74) is 3.89. The van der Waals surface area contributed by atoms with Crippen LogP contribution in [0.3, 0.4) is 0 Å². The van der Waals surface area contributed by atoms with E-state index in [0.29, 0.717) is 0 Å².